The molecule has 0 aliphatic carbocycles. The standard InChI is InChI=1S/C16H30N4O/c1-6-14-11-20(13(2)12-21-5)15(18-14)19-9-7-16(3,17-4)8-10-19/h11,13,17H,6-10,12H2,1-5H3. The van der Waals surface area contributed by atoms with Crippen LogP contribution in [0.2, 0.25) is 0 Å². The molecule has 21 heavy (non-hydrogen) atoms. The molecular formula is C16H30N4O. The topological polar surface area (TPSA) is 42.3 Å². The highest BCUT2D eigenvalue weighted by atomic mass is 16.5. The molecule has 1 aromatic rings. The van der Waals surface area contributed by atoms with Crippen LogP contribution in [-0.2, 0) is 11.2 Å². The summed E-state index contributed by atoms with van der Waals surface area (Å²) < 4.78 is 7.60. The molecule has 0 radical (unpaired) electrons. The summed E-state index contributed by atoms with van der Waals surface area (Å²) in [5.41, 5.74) is 1.43. The predicted molar refractivity (Wildman–Crippen MR) is 87.1 cm³/mol. The summed E-state index contributed by atoms with van der Waals surface area (Å²) in [6.07, 6.45) is 5.46. The van der Waals surface area contributed by atoms with Crippen molar-refractivity contribution in [3.05, 3.63) is 11.9 Å². The van der Waals surface area contributed by atoms with Crippen molar-refractivity contribution in [2.45, 2.75) is 51.6 Å². The zero-order valence-corrected chi connectivity index (χ0v) is 14.1. The van der Waals surface area contributed by atoms with E-state index in [1.807, 2.05) is 0 Å². The van der Waals surface area contributed by atoms with Gasteiger partial charge in [0.1, 0.15) is 0 Å². The molecule has 0 aromatic carbocycles. The van der Waals surface area contributed by atoms with E-state index in [4.69, 9.17) is 9.72 Å². The molecule has 1 atom stereocenters. The van der Waals surface area contributed by atoms with Crippen LogP contribution in [0, 0.1) is 0 Å². The molecule has 0 saturated carbocycles. The highest BCUT2D eigenvalue weighted by Gasteiger charge is 2.30. The van der Waals surface area contributed by atoms with Crippen molar-refractivity contribution in [2.75, 3.05) is 38.8 Å². The Kier molecular flexibility index (Phi) is 5.27. The first-order valence-electron chi connectivity index (χ1n) is 8.03. The summed E-state index contributed by atoms with van der Waals surface area (Å²) in [6, 6.07) is 0.315. The van der Waals surface area contributed by atoms with Crippen LogP contribution < -0.4 is 10.2 Å². The van der Waals surface area contributed by atoms with E-state index >= 15 is 0 Å². The average molecular weight is 294 g/mol. The number of hydrogen-bond donors (Lipinski definition) is 1. The number of rotatable bonds is 6. The average Bonchev–Trinajstić information content (AvgIpc) is 2.93. The number of hydrogen-bond acceptors (Lipinski definition) is 4. The highest BCUT2D eigenvalue weighted by molar-refractivity contribution is 5.35. The number of imidazole rings is 1. The third kappa shape index (κ3) is 3.58. The largest absolute Gasteiger partial charge is 0.383 e. The van der Waals surface area contributed by atoms with E-state index in [0.29, 0.717) is 12.6 Å². The first-order chi connectivity index (χ1) is 10.0. The Balaban J connectivity index is 2.17. The van der Waals surface area contributed by atoms with Crippen molar-refractivity contribution >= 4 is 5.95 Å². The van der Waals surface area contributed by atoms with Gasteiger partial charge < -0.3 is 19.5 Å². The van der Waals surface area contributed by atoms with Crippen LogP contribution in [0.5, 0.6) is 0 Å². The maximum absolute atomic E-state index is 5.32. The first kappa shape index (κ1) is 16.3. The van der Waals surface area contributed by atoms with Gasteiger partial charge in [0.25, 0.3) is 0 Å². The van der Waals surface area contributed by atoms with Crippen LogP contribution >= 0.6 is 0 Å². The molecule has 0 bridgehead atoms. The second-order valence-electron chi connectivity index (χ2n) is 6.40. The highest BCUT2D eigenvalue weighted by Crippen LogP contribution is 2.27. The molecule has 1 saturated heterocycles. The third-order valence-corrected chi connectivity index (χ3v) is 4.76. The van der Waals surface area contributed by atoms with E-state index in [0.717, 1.165) is 44.0 Å². The number of piperidine rings is 1. The fraction of sp³-hybridized carbons (Fsp3) is 0.812. The second kappa shape index (κ2) is 6.79. The molecule has 0 amide bonds. The third-order valence-electron chi connectivity index (χ3n) is 4.76. The summed E-state index contributed by atoms with van der Waals surface area (Å²) in [6.45, 7) is 9.48. The van der Waals surface area contributed by atoms with Crippen LogP contribution in [0.3, 0.4) is 0 Å². The van der Waals surface area contributed by atoms with Gasteiger partial charge in [-0.3, -0.25) is 0 Å². The van der Waals surface area contributed by atoms with Crippen LogP contribution in [-0.4, -0.2) is 48.9 Å². The summed E-state index contributed by atoms with van der Waals surface area (Å²) in [5.74, 6) is 1.11. The van der Waals surface area contributed by atoms with Crippen LogP contribution in [0.15, 0.2) is 6.20 Å². The number of aryl methyl sites for hydroxylation is 1. The predicted octanol–water partition coefficient (Wildman–Crippen LogP) is 2.23. The first-order valence-corrected chi connectivity index (χ1v) is 8.03. The fourth-order valence-corrected chi connectivity index (χ4v) is 2.93. The van der Waals surface area contributed by atoms with Crippen molar-refractivity contribution in [2.24, 2.45) is 0 Å². The van der Waals surface area contributed by atoms with E-state index < -0.39 is 0 Å². The SMILES string of the molecule is CCc1cn(C(C)COC)c(N2CCC(C)(NC)CC2)n1. The van der Waals surface area contributed by atoms with Crippen LogP contribution in [0.25, 0.3) is 0 Å². The monoisotopic (exact) mass is 294 g/mol. The minimum absolute atomic E-state index is 0.264. The lowest BCUT2D eigenvalue weighted by Gasteiger charge is -2.40. The molecule has 2 rings (SSSR count). The number of ether oxygens (including phenoxy) is 1. The zero-order chi connectivity index (χ0) is 15.5. The minimum Gasteiger partial charge on any atom is -0.383 e. The quantitative estimate of drug-likeness (QED) is 0.873. The normalized spacial score (nSPS) is 19.8. The van der Waals surface area contributed by atoms with Gasteiger partial charge in [0.2, 0.25) is 5.95 Å². The maximum atomic E-state index is 5.32. The maximum Gasteiger partial charge on any atom is 0.206 e. The molecule has 2 heterocycles. The number of nitrogens with zero attached hydrogens (tertiary/aromatic N) is 3. The Labute approximate surface area is 128 Å². The summed E-state index contributed by atoms with van der Waals surface area (Å²) >= 11 is 0. The summed E-state index contributed by atoms with van der Waals surface area (Å²) in [5, 5.41) is 3.45. The van der Waals surface area contributed by atoms with Crippen LogP contribution in [0.4, 0.5) is 5.95 Å². The Morgan fingerprint density at radius 2 is 2.10 bits per heavy atom. The molecule has 5 heteroatoms. The van der Waals surface area contributed by atoms with Crippen LogP contribution in [0.1, 0.15) is 45.3 Å². The Bertz CT molecular complexity index is 449. The van der Waals surface area contributed by atoms with Gasteiger partial charge >= 0.3 is 0 Å². The lowest BCUT2D eigenvalue weighted by atomic mass is 9.90. The molecule has 1 aromatic heterocycles. The fourth-order valence-electron chi connectivity index (χ4n) is 2.93. The van der Waals surface area contributed by atoms with Gasteiger partial charge in [-0.05, 0) is 40.2 Å². The Morgan fingerprint density at radius 3 is 2.62 bits per heavy atom. The number of methoxy groups -OCH3 is 1. The summed E-state index contributed by atoms with van der Waals surface area (Å²) in [4.78, 5) is 7.26. The molecule has 1 N–H and O–H groups in total. The molecule has 120 valence electrons. The smallest absolute Gasteiger partial charge is 0.206 e. The van der Waals surface area contributed by atoms with Gasteiger partial charge in [-0.2, -0.15) is 0 Å². The van der Waals surface area contributed by atoms with Crippen molar-refractivity contribution in [1.29, 1.82) is 0 Å². The van der Waals surface area contributed by atoms with Crippen molar-refractivity contribution < 1.29 is 4.74 Å². The van der Waals surface area contributed by atoms with E-state index in [-0.39, 0.29) is 5.54 Å². The minimum atomic E-state index is 0.264. The van der Waals surface area contributed by atoms with Gasteiger partial charge in [-0.25, -0.2) is 4.98 Å². The molecule has 1 aliphatic rings. The van der Waals surface area contributed by atoms with Gasteiger partial charge in [0, 0.05) is 31.9 Å². The van der Waals surface area contributed by atoms with E-state index in [1.165, 1.54) is 0 Å². The zero-order valence-electron chi connectivity index (χ0n) is 14.1. The molecule has 1 fully saturated rings. The number of nitrogens with one attached hydrogen (secondary N) is 1. The second-order valence-corrected chi connectivity index (χ2v) is 6.40. The van der Waals surface area contributed by atoms with Gasteiger partial charge in [0.15, 0.2) is 0 Å². The number of aromatic nitrogens is 2. The number of anilines is 1. The Morgan fingerprint density at radius 1 is 1.43 bits per heavy atom. The van der Waals surface area contributed by atoms with E-state index in [9.17, 15) is 0 Å². The van der Waals surface area contributed by atoms with Gasteiger partial charge in [-0.15, -0.1) is 0 Å². The van der Waals surface area contributed by atoms with Gasteiger partial charge in [-0.1, -0.05) is 6.92 Å². The molecule has 0 spiro atoms. The lowest BCUT2D eigenvalue weighted by molar-refractivity contribution is 0.162. The lowest BCUT2D eigenvalue weighted by Crippen LogP contribution is -2.50. The molecule has 1 unspecified atom stereocenters. The summed E-state index contributed by atoms with van der Waals surface area (Å²) in [7, 11) is 3.82. The van der Waals surface area contributed by atoms with E-state index in [1.54, 1.807) is 7.11 Å². The van der Waals surface area contributed by atoms with E-state index in [2.05, 4.69) is 48.8 Å². The molecule has 1 aliphatic heterocycles. The van der Waals surface area contributed by atoms with Crippen molar-refractivity contribution in [3.8, 4) is 0 Å². The van der Waals surface area contributed by atoms with Gasteiger partial charge in [0.05, 0.1) is 18.3 Å². The van der Waals surface area contributed by atoms with Crippen molar-refractivity contribution in [3.63, 3.8) is 0 Å². The Hall–Kier alpha value is -1.07. The van der Waals surface area contributed by atoms with Crippen molar-refractivity contribution in [1.82, 2.24) is 14.9 Å². The molecular weight excluding hydrogens is 264 g/mol. The molecule has 5 nitrogen and oxygen atoms in total.